The Balaban J connectivity index is 2.36. The lowest BCUT2D eigenvalue weighted by Gasteiger charge is -2.21. The quantitative estimate of drug-likeness (QED) is 0.614. The lowest BCUT2D eigenvalue weighted by atomic mass is 10.1. The first-order chi connectivity index (χ1) is 6.74. The molecule has 0 aromatic rings. The number of carbonyl (C=O) groups is 1. The standard InChI is InChI=1S/C11H20BrNO/c1-2-6-11(14)13-10-8-5-3-4-7-9(10)12/h9-10H,2-8H2,1H3,(H,13,14). The van der Waals surface area contributed by atoms with Crippen molar-refractivity contribution < 1.29 is 4.79 Å². The molecule has 0 heterocycles. The van der Waals surface area contributed by atoms with Crippen molar-refractivity contribution in [2.75, 3.05) is 0 Å². The van der Waals surface area contributed by atoms with E-state index in [1.165, 1.54) is 25.7 Å². The molecule has 2 unspecified atom stereocenters. The molecule has 0 aromatic carbocycles. The minimum absolute atomic E-state index is 0.212. The van der Waals surface area contributed by atoms with Crippen molar-refractivity contribution in [3.63, 3.8) is 0 Å². The topological polar surface area (TPSA) is 29.1 Å². The summed E-state index contributed by atoms with van der Waals surface area (Å²) < 4.78 is 0. The maximum atomic E-state index is 11.4. The number of amides is 1. The molecule has 3 heteroatoms. The molecule has 0 bridgehead atoms. The van der Waals surface area contributed by atoms with Crippen LogP contribution in [0, 0.1) is 0 Å². The fourth-order valence-corrected chi connectivity index (χ4v) is 2.65. The maximum Gasteiger partial charge on any atom is 0.220 e. The number of carbonyl (C=O) groups excluding carboxylic acids is 1. The summed E-state index contributed by atoms with van der Waals surface area (Å²) in [5.74, 6) is 0.212. The Kier molecular flexibility index (Phi) is 5.53. The predicted octanol–water partition coefficient (Wildman–Crippen LogP) is 3.00. The van der Waals surface area contributed by atoms with Gasteiger partial charge in [0.15, 0.2) is 0 Å². The number of halogens is 1. The largest absolute Gasteiger partial charge is 0.352 e. The second kappa shape index (κ2) is 6.44. The van der Waals surface area contributed by atoms with Gasteiger partial charge in [0.1, 0.15) is 0 Å². The van der Waals surface area contributed by atoms with E-state index in [4.69, 9.17) is 0 Å². The number of rotatable bonds is 3. The summed E-state index contributed by atoms with van der Waals surface area (Å²) in [6, 6.07) is 0.358. The van der Waals surface area contributed by atoms with Crippen LogP contribution in [0.4, 0.5) is 0 Å². The Morgan fingerprint density at radius 2 is 2.07 bits per heavy atom. The van der Waals surface area contributed by atoms with Crippen LogP contribution in [0.2, 0.25) is 0 Å². The molecule has 1 rings (SSSR count). The molecule has 1 fully saturated rings. The summed E-state index contributed by atoms with van der Waals surface area (Å²) in [6.07, 6.45) is 7.77. The fraction of sp³-hybridized carbons (Fsp3) is 0.909. The molecule has 1 aliphatic carbocycles. The molecule has 0 radical (unpaired) electrons. The van der Waals surface area contributed by atoms with E-state index in [0.29, 0.717) is 17.3 Å². The van der Waals surface area contributed by atoms with Crippen LogP contribution in [0.3, 0.4) is 0 Å². The average molecular weight is 262 g/mol. The number of hydrogen-bond acceptors (Lipinski definition) is 1. The fourth-order valence-electron chi connectivity index (χ4n) is 1.93. The van der Waals surface area contributed by atoms with E-state index in [1.807, 2.05) is 6.92 Å². The van der Waals surface area contributed by atoms with E-state index in [1.54, 1.807) is 0 Å². The van der Waals surface area contributed by atoms with Crippen molar-refractivity contribution in [1.82, 2.24) is 5.32 Å². The molecule has 1 aliphatic rings. The molecule has 1 saturated carbocycles. The van der Waals surface area contributed by atoms with Gasteiger partial charge >= 0.3 is 0 Å². The number of nitrogens with one attached hydrogen (secondary N) is 1. The van der Waals surface area contributed by atoms with Gasteiger partial charge in [-0.15, -0.1) is 0 Å². The highest BCUT2D eigenvalue weighted by molar-refractivity contribution is 9.09. The molecule has 0 saturated heterocycles. The van der Waals surface area contributed by atoms with Crippen LogP contribution in [-0.2, 0) is 4.79 Å². The second-order valence-electron chi connectivity index (χ2n) is 4.08. The lowest BCUT2D eigenvalue weighted by Crippen LogP contribution is -2.40. The highest BCUT2D eigenvalue weighted by Gasteiger charge is 2.22. The zero-order valence-electron chi connectivity index (χ0n) is 8.89. The summed E-state index contributed by atoms with van der Waals surface area (Å²) in [4.78, 5) is 11.9. The van der Waals surface area contributed by atoms with Crippen LogP contribution in [-0.4, -0.2) is 16.8 Å². The average Bonchev–Trinajstić information content (AvgIpc) is 2.33. The molecule has 1 N–H and O–H groups in total. The van der Waals surface area contributed by atoms with E-state index in [-0.39, 0.29) is 5.91 Å². The van der Waals surface area contributed by atoms with Gasteiger partial charge in [-0.1, -0.05) is 42.1 Å². The van der Waals surface area contributed by atoms with Crippen molar-refractivity contribution >= 4 is 21.8 Å². The van der Waals surface area contributed by atoms with Crippen LogP contribution >= 0.6 is 15.9 Å². The third-order valence-electron chi connectivity index (χ3n) is 2.76. The summed E-state index contributed by atoms with van der Waals surface area (Å²) in [6.45, 7) is 2.04. The zero-order valence-corrected chi connectivity index (χ0v) is 10.5. The van der Waals surface area contributed by atoms with Gasteiger partial charge in [0.2, 0.25) is 5.91 Å². The summed E-state index contributed by atoms with van der Waals surface area (Å²) >= 11 is 3.67. The van der Waals surface area contributed by atoms with Gasteiger partial charge in [0, 0.05) is 17.3 Å². The van der Waals surface area contributed by atoms with Gasteiger partial charge < -0.3 is 5.32 Å². The molecule has 0 aromatic heterocycles. The SMILES string of the molecule is CCCC(=O)NC1CCCCCC1Br. The monoisotopic (exact) mass is 261 g/mol. The van der Waals surface area contributed by atoms with E-state index in [9.17, 15) is 4.79 Å². The van der Waals surface area contributed by atoms with Crippen LogP contribution < -0.4 is 5.32 Å². The van der Waals surface area contributed by atoms with Gasteiger partial charge in [-0.25, -0.2) is 0 Å². The van der Waals surface area contributed by atoms with Crippen LogP contribution in [0.25, 0.3) is 0 Å². The first-order valence-electron chi connectivity index (χ1n) is 5.67. The Labute approximate surface area is 95.0 Å². The van der Waals surface area contributed by atoms with E-state index < -0.39 is 0 Å². The highest BCUT2D eigenvalue weighted by Crippen LogP contribution is 2.23. The molecule has 1 amide bonds. The van der Waals surface area contributed by atoms with Crippen molar-refractivity contribution in [3.8, 4) is 0 Å². The summed E-state index contributed by atoms with van der Waals surface area (Å²) in [5, 5.41) is 3.12. The first kappa shape index (κ1) is 12.0. The third-order valence-corrected chi connectivity index (χ3v) is 3.85. The third kappa shape index (κ3) is 3.99. The Morgan fingerprint density at radius 1 is 1.36 bits per heavy atom. The maximum absolute atomic E-state index is 11.4. The summed E-state index contributed by atoms with van der Waals surface area (Å²) in [7, 11) is 0. The van der Waals surface area contributed by atoms with Crippen molar-refractivity contribution in [2.45, 2.75) is 62.7 Å². The van der Waals surface area contributed by atoms with Crippen LogP contribution in [0.15, 0.2) is 0 Å². The molecule has 2 nitrogen and oxygen atoms in total. The van der Waals surface area contributed by atoms with Gasteiger partial charge in [0.25, 0.3) is 0 Å². The molecule has 2 atom stereocenters. The minimum Gasteiger partial charge on any atom is -0.352 e. The van der Waals surface area contributed by atoms with E-state index in [2.05, 4.69) is 21.2 Å². The van der Waals surface area contributed by atoms with Crippen molar-refractivity contribution in [3.05, 3.63) is 0 Å². The Bertz CT molecular complexity index is 184. The molecule has 14 heavy (non-hydrogen) atoms. The molecular weight excluding hydrogens is 242 g/mol. The number of hydrogen-bond donors (Lipinski definition) is 1. The van der Waals surface area contributed by atoms with Gasteiger partial charge in [-0.3, -0.25) is 4.79 Å². The van der Waals surface area contributed by atoms with Gasteiger partial charge in [0.05, 0.1) is 0 Å². The Morgan fingerprint density at radius 3 is 2.79 bits per heavy atom. The summed E-state index contributed by atoms with van der Waals surface area (Å²) in [5.41, 5.74) is 0. The van der Waals surface area contributed by atoms with E-state index >= 15 is 0 Å². The smallest absolute Gasteiger partial charge is 0.220 e. The van der Waals surface area contributed by atoms with Gasteiger partial charge in [-0.2, -0.15) is 0 Å². The van der Waals surface area contributed by atoms with Gasteiger partial charge in [-0.05, 0) is 19.3 Å². The minimum atomic E-state index is 0.212. The van der Waals surface area contributed by atoms with Crippen molar-refractivity contribution in [2.24, 2.45) is 0 Å². The Hall–Kier alpha value is -0.0500. The second-order valence-corrected chi connectivity index (χ2v) is 5.25. The number of alkyl halides is 1. The predicted molar refractivity (Wildman–Crippen MR) is 62.6 cm³/mol. The molecule has 0 aliphatic heterocycles. The van der Waals surface area contributed by atoms with Crippen LogP contribution in [0.5, 0.6) is 0 Å². The van der Waals surface area contributed by atoms with Crippen molar-refractivity contribution in [1.29, 1.82) is 0 Å². The molecule has 82 valence electrons. The van der Waals surface area contributed by atoms with E-state index in [0.717, 1.165) is 12.8 Å². The normalized spacial score (nSPS) is 28.1. The van der Waals surface area contributed by atoms with Crippen LogP contribution in [0.1, 0.15) is 51.9 Å². The zero-order chi connectivity index (χ0) is 10.4. The molecular formula is C11H20BrNO. The first-order valence-corrected chi connectivity index (χ1v) is 6.59. The molecule has 0 spiro atoms. The lowest BCUT2D eigenvalue weighted by molar-refractivity contribution is -0.121. The highest BCUT2D eigenvalue weighted by atomic mass is 79.9.